The van der Waals surface area contributed by atoms with Crippen LogP contribution in [-0.4, -0.2) is 30.7 Å². The fourth-order valence-corrected chi connectivity index (χ4v) is 2.05. The molecule has 3 N–H and O–H groups in total. The number of hydrogen-bond acceptors (Lipinski definition) is 4. The van der Waals surface area contributed by atoms with E-state index in [9.17, 15) is 5.11 Å². The van der Waals surface area contributed by atoms with E-state index in [0.717, 1.165) is 31.4 Å². The third kappa shape index (κ3) is 3.78. The highest BCUT2D eigenvalue weighted by Crippen LogP contribution is 2.18. The number of nitrogens with two attached hydrogens (primary N) is 1. The van der Waals surface area contributed by atoms with Gasteiger partial charge in [0.1, 0.15) is 0 Å². The van der Waals surface area contributed by atoms with Crippen LogP contribution >= 0.6 is 0 Å². The van der Waals surface area contributed by atoms with Crippen molar-refractivity contribution in [1.29, 1.82) is 0 Å². The van der Waals surface area contributed by atoms with Crippen LogP contribution in [0.4, 0.5) is 0 Å². The van der Waals surface area contributed by atoms with Crippen LogP contribution in [0, 0.1) is 0 Å². The van der Waals surface area contributed by atoms with E-state index in [1.54, 1.807) is 0 Å². The van der Waals surface area contributed by atoms with Crippen molar-refractivity contribution in [3.63, 3.8) is 0 Å². The second-order valence-corrected chi connectivity index (χ2v) is 4.65. The van der Waals surface area contributed by atoms with Gasteiger partial charge in [0.2, 0.25) is 0 Å². The first kappa shape index (κ1) is 13.5. The number of benzene rings is 1. The van der Waals surface area contributed by atoms with Gasteiger partial charge >= 0.3 is 0 Å². The standard InChI is InChI=1S/C14H21NO3/c15-12(10-18-13-8-4-5-9-17-13)14(16)11-6-2-1-3-7-11/h1-3,6-7,12-14,16H,4-5,8-10,15H2/t12-,13?,14-/m1/s1. The van der Waals surface area contributed by atoms with Crippen molar-refractivity contribution in [1.82, 2.24) is 0 Å². The molecule has 4 nitrogen and oxygen atoms in total. The Bertz CT molecular complexity index is 338. The second-order valence-electron chi connectivity index (χ2n) is 4.65. The molecule has 1 aromatic rings. The summed E-state index contributed by atoms with van der Waals surface area (Å²) < 4.78 is 11.0. The Morgan fingerprint density at radius 2 is 2.11 bits per heavy atom. The molecule has 0 aromatic heterocycles. The van der Waals surface area contributed by atoms with Crippen LogP contribution < -0.4 is 5.73 Å². The third-order valence-corrected chi connectivity index (χ3v) is 3.16. The molecule has 1 unspecified atom stereocenters. The predicted molar refractivity (Wildman–Crippen MR) is 68.9 cm³/mol. The highest BCUT2D eigenvalue weighted by atomic mass is 16.7. The molecule has 18 heavy (non-hydrogen) atoms. The first-order chi connectivity index (χ1) is 8.77. The monoisotopic (exact) mass is 251 g/mol. The second kappa shape index (κ2) is 6.85. The summed E-state index contributed by atoms with van der Waals surface area (Å²) in [4.78, 5) is 0. The number of aliphatic hydroxyl groups excluding tert-OH is 1. The molecule has 0 amide bonds. The van der Waals surface area contributed by atoms with E-state index < -0.39 is 12.1 Å². The molecule has 0 spiro atoms. The molecule has 1 saturated heterocycles. The summed E-state index contributed by atoms with van der Waals surface area (Å²) >= 11 is 0. The first-order valence-corrected chi connectivity index (χ1v) is 6.49. The fraction of sp³-hybridized carbons (Fsp3) is 0.571. The van der Waals surface area contributed by atoms with E-state index in [-0.39, 0.29) is 6.29 Å². The van der Waals surface area contributed by atoms with Crippen molar-refractivity contribution in [3.05, 3.63) is 35.9 Å². The lowest BCUT2D eigenvalue weighted by Gasteiger charge is -2.26. The van der Waals surface area contributed by atoms with Crippen LogP contribution in [-0.2, 0) is 9.47 Å². The summed E-state index contributed by atoms with van der Waals surface area (Å²) in [6.45, 7) is 1.06. The molecule has 0 saturated carbocycles. The first-order valence-electron chi connectivity index (χ1n) is 6.49. The van der Waals surface area contributed by atoms with Gasteiger partial charge in [0.25, 0.3) is 0 Å². The molecular weight excluding hydrogens is 230 g/mol. The van der Waals surface area contributed by atoms with Gasteiger partial charge in [-0.15, -0.1) is 0 Å². The van der Waals surface area contributed by atoms with Crippen molar-refractivity contribution >= 4 is 0 Å². The lowest BCUT2D eigenvalue weighted by Crippen LogP contribution is -2.36. The van der Waals surface area contributed by atoms with Gasteiger partial charge in [-0.05, 0) is 24.8 Å². The molecule has 0 radical (unpaired) electrons. The largest absolute Gasteiger partial charge is 0.387 e. The minimum Gasteiger partial charge on any atom is -0.387 e. The van der Waals surface area contributed by atoms with E-state index in [0.29, 0.717) is 6.61 Å². The van der Waals surface area contributed by atoms with Crippen LogP contribution in [0.15, 0.2) is 30.3 Å². The lowest BCUT2D eigenvalue weighted by molar-refractivity contribution is -0.168. The Morgan fingerprint density at radius 3 is 2.78 bits per heavy atom. The zero-order chi connectivity index (χ0) is 12.8. The quantitative estimate of drug-likeness (QED) is 0.834. The van der Waals surface area contributed by atoms with Crippen molar-refractivity contribution in [2.24, 2.45) is 5.73 Å². The summed E-state index contributed by atoms with van der Waals surface area (Å²) in [6.07, 6.45) is 2.27. The molecule has 2 rings (SSSR count). The third-order valence-electron chi connectivity index (χ3n) is 3.16. The van der Waals surface area contributed by atoms with E-state index >= 15 is 0 Å². The molecule has 3 atom stereocenters. The predicted octanol–water partition coefficient (Wildman–Crippen LogP) is 1.59. The van der Waals surface area contributed by atoms with E-state index in [4.69, 9.17) is 15.2 Å². The Kier molecular flexibility index (Phi) is 5.13. The average molecular weight is 251 g/mol. The fourth-order valence-electron chi connectivity index (χ4n) is 2.05. The van der Waals surface area contributed by atoms with Crippen LogP contribution in [0.25, 0.3) is 0 Å². The van der Waals surface area contributed by atoms with Gasteiger partial charge < -0.3 is 20.3 Å². The SMILES string of the molecule is N[C@H](COC1CCCCO1)[C@H](O)c1ccccc1. The Labute approximate surface area is 108 Å². The van der Waals surface area contributed by atoms with Gasteiger partial charge in [-0.1, -0.05) is 30.3 Å². The normalized spacial score (nSPS) is 23.6. The molecule has 1 aliphatic rings. The van der Waals surface area contributed by atoms with Crippen LogP contribution in [0.3, 0.4) is 0 Å². The van der Waals surface area contributed by atoms with Crippen molar-refractivity contribution in [2.45, 2.75) is 37.7 Å². The summed E-state index contributed by atoms with van der Waals surface area (Å²) in [5.74, 6) is 0. The topological polar surface area (TPSA) is 64.7 Å². The maximum absolute atomic E-state index is 10.1. The van der Waals surface area contributed by atoms with Crippen molar-refractivity contribution < 1.29 is 14.6 Å². The zero-order valence-electron chi connectivity index (χ0n) is 10.5. The molecule has 1 aliphatic heterocycles. The van der Waals surface area contributed by atoms with Gasteiger partial charge in [0, 0.05) is 6.61 Å². The lowest BCUT2D eigenvalue weighted by atomic mass is 10.0. The molecule has 0 bridgehead atoms. The maximum Gasteiger partial charge on any atom is 0.157 e. The molecule has 1 heterocycles. The molecule has 1 aromatic carbocycles. The van der Waals surface area contributed by atoms with Crippen molar-refractivity contribution in [2.75, 3.05) is 13.2 Å². The summed E-state index contributed by atoms with van der Waals surface area (Å²) in [5.41, 5.74) is 6.75. The minimum atomic E-state index is -0.699. The summed E-state index contributed by atoms with van der Waals surface area (Å²) in [7, 11) is 0. The highest BCUT2D eigenvalue weighted by molar-refractivity contribution is 5.18. The molecular formula is C14H21NO3. The average Bonchev–Trinajstić information content (AvgIpc) is 2.46. The van der Waals surface area contributed by atoms with E-state index in [2.05, 4.69) is 0 Å². The van der Waals surface area contributed by atoms with E-state index in [1.807, 2.05) is 30.3 Å². The van der Waals surface area contributed by atoms with Gasteiger partial charge in [0.05, 0.1) is 18.8 Å². The number of ether oxygens (including phenoxy) is 2. The van der Waals surface area contributed by atoms with Gasteiger partial charge in [0.15, 0.2) is 6.29 Å². The summed E-state index contributed by atoms with van der Waals surface area (Å²) in [5, 5.41) is 10.1. The van der Waals surface area contributed by atoms with Crippen molar-refractivity contribution in [3.8, 4) is 0 Å². The Morgan fingerprint density at radius 1 is 1.33 bits per heavy atom. The Balaban J connectivity index is 1.78. The molecule has 100 valence electrons. The Hall–Kier alpha value is -0.940. The smallest absolute Gasteiger partial charge is 0.157 e. The number of aliphatic hydroxyl groups is 1. The highest BCUT2D eigenvalue weighted by Gasteiger charge is 2.20. The van der Waals surface area contributed by atoms with E-state index in [1.165, 1.54) is 0 Å². The molecule has 1 fully saturated rings. The maximum atomic E-state index is 10.1. The number of rotatable bonds is 5. The van der Waals surface area contributed by atoms with Gasteiger partial charge in [-0.2, -0.15) is 0 Å². The molecule has 4 heteroatoms. The zero-order valence-corrected chi connectivity index (χ0v) is 10.5. The summed E-state index contributed by atoms with van der Waals surface area (Å²) in [6, 6.07) is 8.97. The number of hydrogen-bond donors (Lipinski definition) is 2. The van der Waals surface area contributed by atoms with Gasteiger partial charge in [-0.3, -0.25) is 0 Å². The van der Waals surface area contributed by atoms with Crippen LogP contribution in [0.5, 0.6) is 0 Å². The minimum absolute atomic E-state index is 0.159. The van der Waals surface area contributed by atoms with Crippen LogP contribution in [0.1, 0.15) is 30.9 Å². The molecule has 0 aliphatic carbocycles. The van der Waals surface area contributed by atoms with Crippen LogP contribution in [0.2, 0.25) is 0 Å². The van der Waals surface area contributed by atoms with Gasteiger partial charge in [-0.25, -0.2) is 0 Å².